The van der Waals surface area contributed by atoms with Gasteiger partial charge < -0.3 is 4.57 Å². The van der Waals surface area contributed by atoms with Crippen LogP contribution in [0, 0.1) is 10.1 Å². The van der Waals surface area contributed by atoms with Gasteiger partial charge in [0.2, 0.25) is 0 Å². The van der Waals surface area contributed by atoms with Crippen molar-refractivity contribution < 1.29 is 9.72 Å². The van der Waals surface area contributed by atoms with Crippen molar-refractivity contribution in [2.75, 3.05) is 4.90 Å². The monoisotopic (exact) mass is 475 g/mol. The third-order valence-corrected chi connectivity index (χ3v) is 6.16. The normalized spacial score (nSPS) is 15.3. The molecule has 0 radical (unpaired) electrons. The first-order valence-electron chi connectivity index (χ1n) is 8.50. The molecule has 6 nitrogen and oxygen atoms in total. The van der Waals surface area contributed by atoms with Crippen LogP contribution in [-0.4, -0.2) is 19.7 Å². The van der Waals surface area contributed by atoms with Gasteiger partial charge in [-0.2, -0.15) is 0 Å². The van der Waals surface area contributed by atoms with Gasteiger partial charge in [0.25, 0.3) is 11.6 Å². The first kappa shape index (κ1) is 20.6. The number of aromatic nitrogens is 1. The van der Waals surface area contributed by atoms with Gasteiger partial charge in [-0.3, -0.25) is 19.8 Å². The molecule has 0 spiro atoms. The minimum absolute atomic E-state index is 0.0177. The summed E-state index contributed by atoms with van der Waals surface area (Å²) < 4.78 is 2.11. The fraction of sp³-hybridized carbons (Fsp3) is 0. The zero-order valence-corrected chi connectivity index (χ0v) is 18.1. The van der Waals surface area contributed by atoms with E-state index >= 15 is 0 Å². The van der Waals surface area contributed by atoms with Crippen molar-refractivity contribution in [2.24, 2.45) is 0 Å². The summed E-state index contributed by atoms with van der Waals surface area (Å²) in [5.41, 5.74) is 1.73. The molecule has 0 unspecified atom stereocenters. The summed E-state index contributed by atoms with van der Waals surface area (Å²) in [6, 6.07) is 14.7. The molecule has 1 aromatic heterocycles. The van der Waals surface area contributed by atoms with Crippen molar-refractivity contribution in [3.8, 4) is 5.69 Å². The summed E-state index contributed by atoms with van der Waals surface area (Å²) in [4.78, 5) is 25.4. The smallest absolute Gasteiger partial charge is 0.271 e. The van der Waals surface area contributed by atoms with E-state index in [1.807, 2.05) is 0 Å². The van der Waals surface area contributed by atoms with Crippen molar-refractivity contribution in [1.29, 1.82) is 0 Å². The molecule has 0 aliphatic carbocycles. The van der Waals surface area contributed by atoms with Gasteiger partial charge in [-0.15, -0.1) is 0 Å². The first-order valence-corrected chi connectivity index (χ1v) is 10.5. The average molecular weight is 476 g/mol. The second kappa shape index (κ2) is 8.23. The number of thioether (sulfide) groups is 1. The lowest BCUT2D eigenvalue weighted by Crippen LogP contribution is -2.27. The lowest BCUT2D eigenvalue weighted by molar-refractivity contribution is -0.384. The van der Waals surface area contributed by atoms with Crippen LogP contribution in [0.25, 0.3) is 11.8 Å². The van der Waals surface area contributed by atoms with E-state index in [9.17, 15) is 14.9 Å². The first-order chi connectivity index (χ1) is 14.3. The Kier molecular flexibility index (Phi) is 5.66. The Bertz CT molecular complexity index is 1240. The number of hydrogen-bond donors (Lipinski definition) is 0. The summed E-state index contributed by atoms with van der Waals surface area (Å²) in [6.07, 6.45) is 3.46. The predicted octanol–water partition coefficient (Wildman–Crippen LogP) is 6.10. The number of benzene rings is 2. The topological polar surface area (TPSA) is 68.4 Å². The highest BCUT2D eigenvalue weighted by Gasteiger charge is 2.34. The maximum Gasteiger partial charge on any atom is 0.271 e. The van der Waals surface area contributed by atoms with Gasteiger partial charge in [-0.05, 0) is 42.5 Å². The highest BCUT2D eigenvalue weighted by Crippen LogP contribution is 2.39. The Hall–Kier alpha value is -2.65. The predicted molar refractivity (Wildman–Crippen MR) is 125 cm³/mol. The van der Waals surface area contributed by atoms with Crippen LogP contribution in [0.1, 0.15) is 5.69 Å². The molecule has 150 valence electrons. The highest BCUT2D eigenvalue weighted by atomic mass is 35.5. The lowest BCUT2D eigenvalue weighted by atomic mass is 10.2. The lowest BCUT2D eigenvalue weighted by Gasteiger charge is -2.16. The van der Waals surface area contributed by atoms with Crippen LogP contribution in [0.3, 0.4) is 0 Å². The van der Waals surface area contributed by atoms with E-state index in [4.69, 9.17) is 35.4 Å². The number of carbonyl (C=O) groups is 1. The number of carbonyl (C=O) groups excluding carboxylic acids is 1. The Morgan fingerprint density at radius 1 is 1.10 bits per heavy atom. The van der Waals surface area contributed by atoms with E-state index in [1.54, 1.807) is 59.3 Å². The minimum Gasteiger partial charge on any atom is -0.317 e. The average Bonchev–Trinajstić information content (AvgIpc) is 3.27. The van der Waals surface area contributed by atoms with Crippen molar-refractivity contribution in [1.82, 2.24) is 4.57 Å². The van der Waals surface area contributed by atoms with Gasteiger partial charge >= 0.3 is 0 Å². The van der Waals surface area contributed by atoms with E-state index in [2.05, 4.69) is 0 Å². The Balaban J connectivity index is 1.70. The molecule has 1 amide bonds. The largest absolute Gasteiger partial charge is 0.317 e. The molecule has 10 heteroatoms. The molecule has 4 rings (SSSR count). The summed E-state index contributed by atoms with van der Waals surface area (Å²) in [7, 11) is 0. The zero-order valence-electron chi connectivity index (χ0n) is 15.0. The summed E-state index contributed by atoms with van der Waals surface area (Å²) in [5.74, 6) is -0.305. The van der Waals surface area contributed by atoms with Crippen LogP contribution in [0.15, 0.2) is 65.7 Å². The molecule has 3 aromatic rings. The van der Waals surface area contributed by atoms with E-state index in [-0.39, 0.29) is 11.6 Å². The van der Waals surface area contributed by atoms with Gasteiger partial charge in [-0.25, -0.2) is 0 Å². The number of nitrogens with zero attached hydrogens (tertiary/aromatic N) is 3. The molecule has 0 atom stereocenters. The van der Waals surface area contributed by atoms with Gasteiger partial charge in [0.05, 0.1) is 26.2 Å². The third kappa shape index (κ3) is 3.87. The third-order valence-electron chi connectivity index (χ3n) is 4.32. The Morgan fingerprint density at radius 2 is 1.90 bits per heavy atom. The minimum atomic E-state index is -0.451. The molecule has 0 bridgehead atoms. The van der Waals surface area contributed by atoms with Crippen molar-refractivity contribution in [3.63, 3.8) is 0 Å². The molecular weight excluding hydrogens is 465 g/mol. The molecule has 1 saturated heterocycles. The maximum atomic E-state index is 13.0. The van der Waals surface area contributed by atoms with Gasteiger partial charge in [-0.1, -0.05) is 53.2 Å². The van der Waals surface area contributed by atoms with Crippen LogP contribution in [0.2, 0.25) is 10.0 Å². The van der Waals surface area contributed by atoms with Crippen molar-refractivity contribution >= 4 is 74.9 Å². The van der Waals surface area contributed by atoms with Crippen molar-refractivity contribution in [3.05, 3.63) is 91.6 Å². The second-order valence-corrected chi connectivity index (χ2v) is 8.71. The fourth-order valence-corrected chi connectivity index (χ4v) is 4.74. The summed E-state index contributed by atoms with van der Waals surface area (Å²) in [6.45, 7) is 0. The SMILES string of the molecule is O=C1/C(=C\c2cccn2-c2cccc([N+](=O)[O-])c2)SC(=S)N1c1ccc(Cl)cc1Cl. The van der Waals surface area contributed by atoms with Crippen LogP contribution in [0.5, 0.6) is 0 Å². The second-order valence-electron chi connectivity index (χ2n) is 6.19. The van der Waals surface area contributed by atoms with Crippen molar-refractivity contribution in [2.45, 2.75) is 0 Å². The number of anilines is 1. The van der Waals surface area contributed by atoms with Crippen LogP contribution < -0.4 is 4.90 Å². The molecular formula is C20H11Cl2N3O3S2. The van der Waals surface area contributed by atoms with Crippen LogP contribution in [0.4, 0.5) is 11.4 Å². The number of non-ortho nitro benzene ring substituents is 1. The van der Waals surface area contributed by atoms with Gasteiger partial charge in [0.15, 0.2) is 4.32 Å². The molecule has 1 aliphatic rings. The molecule has 2 aromatic carbocycles. The zero-order chi connectivity index (χ0) is 21.4. The molecule has 1 fully saturated rings. The quantitative estimate of drug-likeness (QED) is 0.197. The van der Waals surface area contributed by atoms with E-state index in [0.29, 0.717) is 36.3 Å². The molecule has 0 saturated carbocycles. The summed E-state index contributed by atoms with van der Waals surface area (Å²) in [5, 5.41) is 11.9. The van der Waals surface area contributed by atoms with E-state index in [0.717, 1.165) is 11.8 Å². The number of nitro groups is 1. The summed E-state index contributed by atoms with van der Waals surface area (Å²) >= 11 is 18.7. The number of hydrogen-bond acceptors (Lipinski definition) is 5. The van der Waals surface area contributed by atoms with Crippen LogP contribution in [-0.2, 0) is 4.79 Å². The van der Waals surface area contributed by atoms with Gasteiger partial charge in [0, 0.05) is 29.0 Å². The van der Waals surface area contributed by atoms with E-state index < -0.39 is 4.92 Å². The molecule has 1 aliphatic heterocycles. The molecule has 30 heavy (non-hydrogen) atoms. The standard InChI is InChI=1S/C20H11Cl2N3O3S2/c21-12-6-7-17(16(22)9-12)24-19(26)18(30-20(24)29)11-14-5-2-8-23(14)13-3-1-4-15(10-13)25(27)28/h1-11H/b18-11+. The Labute approximate surface area is 190 Å². The molecule has 0 N–H and O–H groups in total. The Morgan fingerprint density at radius 3 is 2.63 bits per heavy atom. The highest BCUT2D eigenvalue weighted by molar-refractivity contribution is 8.27. The number of halogens is 2. The number of rotatable bonds is 4. The number of thiocarbonyl (C=S) groups is 1. The van der Waals surface area contributed by atoms with Gasteiger partial charge in [0.1, 0.15) is 0 Å². The molecule has 2 heterocycles. The number of nitro benzene ring substituents is 1. The fourth-order valence-electron chi connectivity index (χ4n) is 2.98. The number of amides is 1. The van der Waals surface area contributed by atoms with E-state index in [1.165, 1.54) is 17.0 Å². The maximum absolute atomic E-state index is 13.0. The van der Waals surface area contributed by atoms with Crippen LogP contribution >= 0.6 is 47.2 Å².